The van der Waals surface area contributed by atoms with E-state index in [4.69, 9.17) is 19.9 Å². The van der Waals surface area contributed by atoms with E-state index in [0.29, 0.717) is 18.2 Å². The highest BCUT2D eigenvalue weighted by Gasteiger charge is 2.13. The van der Waals surface area contributed by atoms with Gasteiger partial charge >= 0.3 is 0 Å². The Bertz CT molecular complexity index is 375. The number of nitrogen functional groups attached to an aromatic ring is 1. The molecule has 1 saturated heterocycles. The lowest BCUT2D eigenvalue weighted by Crippen LogP contribution is -2.20. The summed E-state index contributed by atoms with van der Waals surface area (Å²) in [5.41, 5.74) is 7.56. The molecule has 2 N–H and O–H groups in total. The van der Waals surface area contributed by atoms with Crippen molar-refractivity contribution in [3.05, 3.63) is 23.8 Å². The van der Waals surface area contributed by atoms with Crippen molar-refractivity contribution in [1.29, 1.82) is 0 Å². The molecule has 0 bridgehead atoms. The van der Waals surface area contributed by atoms with Crippen molar-refractivity contribution in [1.82, 2.24) is 0 Å². The van der Waals surface area contributed by atoms with Crippen LogP contribution in [0.3, 0.4) is 0 Å². The van der Waals surface area contributed by atoms with Gasteiger partial charge in [0.1, 0.15) is 5.75 Å². The molecule has 0 radical (unpaired) electrons. The fraction of sp³-hybridized carbons (Fsp3) is 0.571. The van der Waals surface area contributed by atoms with E-state index in [1.807, 2.05) is 18.2 Å². The standard InChI is InChI=1S/C14H21NO3/c1-16-14-7-12(6-13(15)8-14)10-18-9-11-2-4-17-5-3-11/h6-8,11H,2-5,9-10,15H2,1H3. The predicted octanol–water partition coefficient (Wildman–Crippen LogP) is 2.22. The largest absolute Gasteiger partial charge is 0.497 e. The van der Waals surface area contributed by atoms with Gasteiger partial charge in [-0.2, -0.15) is 0 Å². The van der Waals surface area contributed by atoms with Gasteiger partial charge in [-0.05, 0) is 36.5 Å². The number of hydrogen-bond donors (Lipinski definition) is 1. The fourth-order valence-corrected chi connectivity index (χ4v) is 2.14. The van der Waals surface area contributed by atoms with Crippen LogP contribution in [-0.2, 0) is 16.1 Å². The summed E-state index contributed by atoms with van der Waals surface area (Å²) >= 11 is 0. The molecule has 4 nitrogen and oxygen atoms in total. The first-order chi connectivity index (χ1) is 8.78. The first-order valence-corrected chi connectivity index (χ1v) is 6.37. The third-order valence-electron chi connectivity index (χ3n) is 3.19. The molecule has 0 saturated carbocycles. The number of nitrogens with two attached hydrogens (primary N) is 1. The van der Waals surface area contributed by atoms with Gasteiger partial charge in [-0.1, -0.05) is 0 Å². The molecule has 1 fully saturated rings. The first kappa shape index (κ1) is 13.2. The zero-order chi connectivity index (χ0) is 12.8. The van der Waals surface area contributed by atoms with Gasteiger partial charge in [-0.3, -0.25) is 0 Å². The summed E-state index contributed by atoms with van der Waals surface area (Å²) in [6.07, 6.45) is 2.19. The number of hydrogen-bond acceptors (Lipinski definition) is 4. The SMILES string of the molecule is COc1cc(N)cc(COCC2CCOCC2)c1. The van der Waals surface area contributed by atoms with Crippen LogP contribution >= 0.6 is 0 Å². The van der Waals surface area contributed by atoms with Crippen LogP contribution in [0.15, 0.2) is 18.2 Å². The molecule has 4 heteroatoms. The molecule has 1 aromatic rings. The topological polar surface area (TPSA) is 53.7 Å². The molecule has 1 aliphatic rings. The number of methoxy groups -OCH3 is 1. The molecule has 0 atom stereocenters. The molecule has 100 valence electrons. The van der Waals surface area contributed by atoms with E-state index >= 15 is 0 Å². The number of rotatable bonds is 5. The Morgan fingerprint density at radius 2 is 2.06 bits per heavy atom. The number of benzene rings is 1. The quantitative estimate of drug-likeness (QED) is 0.815. The van der Waals surface area contributed by atoms with Crippen LogP contribution in [0.25, 0.3) is 0 Å². The number of ether oxygens (including phenoxy) is 3. The minimum absolute atomic E-state index is 0.582. The zero-order valence-corrected chi connectivity index (χ0v) is 10.9. The van der Waals surface area contributed by atoms with Crippen molar-refractivity contribution >= 4 is 5.69 Å². The van der Waals surface area contributed by atoms with Gasteiger partial charge < -0.3 is 19.9 Å². The molecule has 0 unspecified atom stereocenters. The molecule has 1 aliphatic heterocycles. The summed E-state index contributed by atoms with van der Waals surface area (Å²) in [6.45, 7) is 3.10. The van der Waals surface area contributed by atoms with Crippen molar-refractivity contribution in [3.8, 4) is 5.75 Å². The molecule has 1 aromatic carbocycles. The summed E-state index contributed by atoms with van der Waals surface area (Å²) in [5.74, 6) is 1.40. The zero-order valence-electron chi connectivity index (χ0n) is 10.9. The molecule has 0 amide bonds. The van der Waals surface area contributed by atoms with Crippen molar-refractivity contribution in [2.75, 3.05) is 32.7 Å². The van der Waals surface area contributed by atoms with Crippen molar-refractivity contribution in [2.45, 2.75) is 19.4 Å². The van der Waals surface area contributed by atoms with E-state index in [2.05, 4.69) is 0 Å². The third-order valence-corrected chi connectivity index (χ3v) is 3.19. The summed E-state index contributed by atoms with van der Waals surface area (Å²) in [6, 6.07) is 5.69. The molecular formula is C14H21NO3. The third kappa shape index (κ3) is 3.89. The van der Waals surface area contributed by atoms with Crippen molar-refractivity contribution < 1.29 is 14.2 Å². The van der Waals surface area contributed by atoms with E-state index in [-0.39, 0.29) is 0 Å². The van der Waals surface area contributed by atoms with Crippen LogP contribution in [0.4, 0.5) is 5.69 Å². The van der Waals surface area contributed by atoms with E-state index in [0.717, 1.165) is 44.0 Å². The van der Waals surface area contributed by atoms with Crippen LogP contribution < -0.4 is 10.5 Å². The van der Waals surface area contributed by atoms with Crippen LogP contribution in [0, 0.1) is 5.92 Å². The van der Waals surface area contributed by atoms with Gasteiger partial charge in [0, 0.05) is 25.0 Å². The lowest BCUT2D eigenvalue weighted by atomic mass is 10.0. The Labute approximate surface area is 108 Å². The Morgan fingerprint density at radius 1 is 1.28 bits per heavy atom. The summed E-state index contributed by atoms with van der Waals surface area (Å²) in [4.78, 5) is 0. The summed E-state index contributed by atoms with van der Waals surface area (Å²) in [7, 11) is 1.64. The van der Waals surface area contributed by atoms with E-state index in [1.165, 1.54) is 0 Å². The van der Waals surface area contributed by atoms with Crippen LogP contribution in [0.1, 0.15) is 18.4 Å². The minimum atomic E-state index is 0.582. The maximum absolute atomic E-state index is 5.80. The Balaban J connectivity index is 1.80. The van der Waals surface area contributed by atoms with Gasteiger partial charge in [0.2, 0.25) is 0 Å². The van der Waals surface area contributed by atoms with Gasteiger partial charge in [-0.15, -0.1) is 0 Å². The Hall–Kier alpha value is -1.26. The fourth-order valence-electron chi connectivity index (χ4n) is 2.14. The predicted molar refractivity (Wildman–Crippen MR) is 70.6 cm³/mol. The summed E-state index contributed by atoms with van der Waals surface area (Å²) in [5, 5.41) is 0. The summed E-state index contributed by atoms with van der Waals surface area (Å²) < 4.78 is 16.2. The average molecular weight is 251 g/mol. The second-order valence-electron chi connectivity index (χ2n) is 4.69. The second-order valence-corrected chi connectivity index (χ2v) is 4.69. The normalized spacial score (nSPS) is 16.7. The van der Waals surface area contributed by atoms with Gasteiger partial charge in [0.15, 0.2) is 0 Å². The molecule has 0 aromatic heterocycles. The van der Waals surface area contributed by atoms with Crippen molar-refractivity contribution in [2.24, 2.45) is 5.92 Å². The number of anilines is 1. The highest BCUT2D eigenvalue weighted by Crippen LogP contribution is 2.20. The van der Waals surface area contributed by atoms with Crippen molar-refractivity contribution in [3.63, 3.8) is 0 Å². The highest BCUT2D eigenvalue weighted by molar-refractivity contribution is 5.47. The molecule has 0 spiro atoms. The molecular weight excluding hydrogens is 230 g/mol. The Kier molecular flexibility index (Phi) is 4.84. The monoisotopic (exact) mass is 251 g/mol. The second kappa shape index (κ2) is 6.61. The van der Waals surface area contributed by atoms with E-state index in [1.54, 1.807) is 7.11 Å². The smallest absolute Gasteiger partial charge is 0.121 e. The molecule has 1 heterocycles. The highest BCUT2D eigenvalue weighted by atomic mass is 16.5. The first-order valence-electron chi connectivity index (χ1n) is 6.37. The van der Waals surface area contributed by atoms with E-state index < -0.39 is 0 Å². The van der Waals surface area contributed by atoms with E-state index in [9.17, 15) is 0 Å². The van der Waals surface area contributed by atoms with Gasteiger partial charge in [0.05, 0.1) is 20.3 Å². The van der Waals surface area contributed by atoms with Crippen LogP contribution in [0.2, 0.25) is 0 Å². The lowest BCUT2D eigenvalue weighted by molar-refractivity contribution is 0.0157. The minimum Gasteiger partial charge on any atom is -0.497 e. The van der Waals surface area contributed by atoms with Gasteiger partial charge in [0.25, 0.3) is 0 Å². The maximum Gasteiger partial charge on any atom is 0.121 e. The van der Waals surface area contributed by atoms with Crippen LogP contribution in [0.5, 0.6) is 5.75 Å². The molecule has 0 aliphatic carbocycles. The molecule has 18 heavy (non-hydrogen) atoms. The average Bonchev–Trinajstić information content (AvgIpc) is 2.39. The van der Waals surface area contributed by atoms with Crippen LogP contribution in [-0.4, -0.2) is 26.9 Å². The lowest BCUT2D eigenvalue weighted by Gasteiger charge is -2.21. The van der Waals surface area contributed by atoms with Gasteiger partial charge in [-0.25, -0.2) is 0 Å². The maximum atomic E-state index is 5.80. The Morgan fingerprint density at radius 3 is 2.78 bits per heavy atom. The molecule has 2 rings (SSSR count).